The lowest BCUT2D eigenvalue weighted by atomic mass is 9.74. The zero-order valence-electron chi connectivity index (χ0n) is 11.4. The van der Waals surface area contributed by atoms with E-state index in [1.165, 1.54) is 0 Å². The fraction of sp³-hybridized carbons (Fsp3) is 0.467. The normalized spacial score (nSPS) is 23.1. The molecule has 1 atom stereocenters. The number of carboxylic acids is 1. The zero-order valence-corrected chi connectivity index (χ0v) is 12.2. The third-order valence-corrected chi connectivity index (χ3v) is 4.33. The van der Waals surface area contributed by atoms with Crippen molar-refractivity contribution in [1.82, 2.24) is 4.90 Å². The molecule has 4 nitrogen and oxygen atoms in total. The molecule has 20 heavy (non-hydrogen) atoms. The van der Waals surface area contributed by atoms with Crippen LogP contribution in [-0.2, 0) is 15.1 Å². The minimum atomic E-state index is -0.947. The Morgan fingerprint density at radius 2 is 2.10 bits per heavy atom. The van der Waals surface area contributed by atoms with Crippen molar-refractivity contribution >= 4 is 23.4 Å². The van der Waals surface area contributed by atoms with Crippen molar-refractivity contribution < 1.29 is 14.7 Å². The molecule has 0 heterocycles. The molecule has 0 aromatic heterocycles. The molecule has 1 fully saturated rings. The molecule has 2 rings (SSSR count). The molecule has 0 bridgehead atoms. The molecule has 1 aliphatic carbocycles. The summed E-state index contributed by atoms with van der Waals surface area (Å²) in [5.74, 6) is -0.891. The summed E-state index contributed by atoms with van der Waals surface area (Å²) in [5.41, 5.74) is -0.190. The Morgan fingerprint density at radius 1 is 1.40 bits per heavy atom. The van der Waals surface area contributed by atoms with Crippen molar-refractivity contribution in [2.75, 3.05) is 13.6 Å². The molecule has 1 saturated carbocycles. The Balaban J connectivity index is 2.51. The van der Waals surface area contributed by atoms with Crippen LogP contribution in [0.2, 0.25) is 5.02 Å². The quantitative estimate of drug-likeness (QED) is 0.928. The van der Waals surface area contributed by atoms with E-state index in [-0.39, 0.29) is 12.3 Å². The Labute approximate surface area is 123 Å². The summed E-state index contributed by atoms with van der Waals surface area (Å²) in [6, 6.07) is 7.21. The van der Waals surface area contributed by atoms with Gasteiger partial charge in [-0.25, -0.2) is 0 Å². The van der Waals surface area contributed by atoms with E-state index in [1.54, 1.807) is 18.0 Å². The SMILES string of the molecule is CN(CC(=O)O)[C@@]1(c2ccccc2Cl)CCCCC1=O. The molecule has 0 saturated heterocycles. The van der Waals surface area contributed by atoms with Crippen LogP contribution < -0.4 is 0 Å². The van der Waals surface area contributed by atoms with Crippen LogP contribution in [0.4, 0.5) is 0 Å². The van der Waals surface area contributed by atoms with E-state index in [0.717, 1.165) is 18.4 Å². The number of carboxylic acid groups (broad SMARTS) is 1. The number of benzene rings is 1. The van der Waals surface area contributed by atoms with Gasteiger partial charge in [-0.2, -0.15) is 0 Å². The molecule has 5 heteroatoms. The van der Waals surface area contributed by atoms with Gasteiger partial charge in [-0.05, 0) is 31.5 Å². The highest BCUT2D eigenvalue weighted by Crippen LogP contribution is 2.41. The average Bonchev–Trinajstić information content (AvgIpc) is 2.39. The summed E-state index contributed by atoms with van der Waals surface area (Å²) < 4.78 is 0. The van der Waals surface area contributed by atoms with Gasteiger partial charge in [0.15, 0.2) is 5.78 Å². The van der Waals surface area contributed by atoms with Gasteiger partial charge in [0.25, 0.3) is 0 Å². The van der Waals surface area contributed by atoms with Gasteiger partial charge in [0.2, 0.25) is 0 Å². The molecule has 0 spiro atoms. The number of likely N-dealkylation sites (N-methyl/N-ethyl adjacent to an activating group) is 1. The first-order valence-corrected chi connectivity index (χ1v) is 7.07. The van der Waals surface area contributed by atoms with Gasteiger partial charge in [0.1, 0.15) is 5.54 Å². The van der Waals surface area contributed by atoms with Crippen LogP contribution in [0.3, 0.4) is 0 Å². The number of hydrogen-bond acceptors (Lipinski definition) is 3. The average molecular weight is 296 g/mol. The summed E-state index contributed by atoms with van der Waals surface area (Å²) in [5, 5.41) is 9.56. The first-order valence-electron chi connectivity index (χ1n) is 6.70. The topological polar surface area (TPSA) is 57.6 Å². The largest absolute Gasteiger partial charge is 0.480 e. The second-order valence-electron chi connectivity index (χ2n) is 5.22. The third-order valence-electron chi connectivity index (χ3n) is 4.00. The molecular weight excluding hydrogens is 278 g/mol. The van der Waals surface area contributed by atoms with Crippen LogP contribution in [0.5, 0.6) is 0 Å². The molecule has 0 amide bonds. The fourth-order valence-electron chi connectivity index (χ4n) is 3.04. The minimum Gasteiger partial charge on any atom is -0.480 e. The summed E-state index contributed by atoms with van der Waals surface area (Å²) in [4.78, 5) is 25.3. The fourth-order valence-corrected chi connectivity index (χ4v) is 3.33. The van der Waals surface area contributed by atoms with Gasteiger partial charge >= 0.3 is 5.97 Å². The van der Waals surface area contributed by atoms with Crippen LogP contribution in [0, 0.1) is 0 Å². The maximum Gasteiger partial charge on any atom is 0.317 e. The Bertz CT molecular complexity index is 532. The van der Waals surface area contributed by atoms with Crippen molar-refractivity contribution in [2.24, 2.45) is 0 Å². The molecule has 108 valence electrons. The lowest BCUT2D eigenvalue weighted by Gasteiger charge is -2.43. The number of aliphatic carboxylic acids is 1. The first kappa shape index (κ1) is 15.0. The lowest BCUT2D eigenvalue weighted by Crippen LogP contribution is -2.53. The van der Waals surface area contributed by atoms with Crippen LogP contribution in [0.15, 0.2) is 24.3 Å². The summed E-state index contributed by atoms with van der Waals surface area (Å²) in [6.07, 6.45) is 2.82. The lowest BCUT2D eigenvalue weighted by molar-refractivity contribution is -0.143. The second kappa shape index (κ2) is 5.94. The number of Topliss-reactive ketones (excluding diaryl/α,β-unsaturated/α-hetero) is 1. The predicted octanol–water partition coefficient (Wildman–Crippen LogP) is 2.69. The standard InChI is InChI=1S/C15H18ClNO3/c1-17(10-14(19)20)15(9-5-4-8-13(15)18)11-6-2-3-7-12(11)16/h2-3,6-7H,4-5,8-10H2,1H3,(H,19,20)/t15-/m1/s1. The summed E-state index contributed by atoms with van der Waals surface area (Å²) in [6.45, 7) is -0.184. The number of halogens is 1. The van der Waals surface area contributed by atoms with Gasteiger partial charge in [-0.1, -0.05) is 36.2 Å². The number of carbonyl (C=O) groups is 2. The second-order valence-corrected chi connectivity index (χ2v) is 5.63. The van der Waals surface area contributed by atoms with Crippen LogP contribution in [-0.4, -0.2) is 35.4 Å². The molecule has 0 aliphatic heterocycles. The smallest absolute Gasteiger partial charge is 0.317 e. The zero-order chi connectivity index (χ0) is 14.8. The highest BCUT2D eigenvalue weighted by molar-refractivity contribution is 6.31. The highest BCUT2D eigenvalue weighted by atomic mass is 35.5. The van der Waals surface area contributed by atoms with E-state index in [0.29, 0.717) is 17.9 Å². The molecule has 1 aromatic rings. The van der Waals surface area contributed by atoms with Crippen molar-refractivity contribution in [3.63, 3.8) is 0 Å². The minimum absolute atomic E-state index is 0.0561. The van der Waals surface area contributed by atoms with Crippen molar-refractivity contribution in [1.29, 1.82) is 0 Å². The van der Waals surface area contributed by atoms with E-state index in [1.807, 2.05) is 18.2 Å². The number of nitrogens with zero attached hydrogens (tertiary/aromatic N) is 1. The number of rotatable bonds is 4. The van der Waals surface area contributed by atoms with Crippen LogP contribution >= 0.6 is 11.6 Å². The van der Waals surface area contributed by atoms with E-state index in [9.17, 15) is 9.59 Å². The summed E-state index contributed by atoms with van der Waals surface area (Å²) in [7, 11) is 1.68. The van der Waals surface area contributed by atoms with Gasteiger partial charge < -0.3 is 5.11 Å². The molecule has 0 unspecified atom stereocenters. The molecule has 1 aliphatic rings. The number of hydrogen-bond donors (Lipinski definition) is 1. The Hall–Kier alpha value is -1.39. The predicted molar refractivity (Wildman–Crippen MR) is 76.9 cm³/mol. The van der Waals surface area contributed by atoms with Crippen molar-refractivity contribution in [3.05, 3.63) is 34.9 Å². The van der Waals surface area contributed by atoms with E-state index < -0.39 is 11.5 Å². The van der Waals surface area contributed by atoms with E-state index in [2.05, 4.69) is 0 Å². The first-order chi connectivity index (χ1) is 9.48. The molecule has 1 N–H and O–H groups in total. The van der Waals surface area contributed by atoms with E-state index >= 15 is 0 Å². The Kier molecular flexibility index (Phi) is 4.45. The van der Waals surface area contributed by atoms with Crippen LogP contribution in [0.25, 0.3) is 0 Å². The summed E-state index contributed by atoms with van der Waals surface area (Å²) >= 11 is 6.27. The van der Waals surface area contributed by atoms with Gasteiger partial charge in [0, 0.05) is 11.4 Å². The number of ketones is 1. The van der Waals surface area contributed by atoms with Crippen molar-refractivity contribution in [3.8, 4) is 0 Å². The third kappa shape index (κ3) is 2.58. The Morgan fingerprint density at radius 3 is 2.70 bits per heavy atom. The maximum atomic E-state index is 12.6. The molecule has 0 radical (unpaired) electrons. The van der Waals surface area contributed by atoms with Gasteiger partial charge in [0.05, 0.1) is 6.54 Å². The highest BCUT2D eigenvalue weighted by Gasteiger charge is 2.46. The van der Waals surface area contributed by atoms with Crippen molar-refractivity contribution in [2.45, 2.75) is 31.2 Å². The molecular formula is C15H18ClNO3. The van der Waals surface area contributed by atoms with E-state index in [4.69, 9.17) is 16.7 Å². The maximum absolute atomic E-state index is 12.6. The number of carbonyl (C=O) groups excluding carboxylic acids is 1. The van der Waals surface area contributed by atoms with Gasteiger partial charge in [-0.15, -0.1) is 0 Å². The van der Waals surface area contributed by atoms with Crippen LogP contribution in [0.1, 0.15) is 31.2 Å². The molecule has 1 aromatic carbocycles. The monoisotopic (exact) mass is 295 g/mol. The van der Waals surface area contributed by atoms with Gasteiger partial charge in [-0.3, -0.25) is 14.5 Å².